The van der Waals surface area contributed by atoms with Crippen molar-refractivity contribution in [2.75, 3.05) is 6.61 Å². The first-order chi connectivity index (χ1) is 5.15. The van der Waals surface area contributed by atoms with Crippen molar-refractivity contribution in [1.29, 1.82) is 0 Å². The molecule has 2 N–H and O–H groups in total. The van der Waals surface area contributed by atoms with Crippen molar-refractivity contribution in [2.24, 2.45) is 0 Å². The van der Waals surface area contributed by atoms with Crippen LogP contribution in [-0.4, -0.2) is 40.5 Å². The van der Waals surface area contributed by atoms with Crippen LogP contribution in [0.25, 0.3) is 0 Å². The maximum atomic E-state index is 9.33. The van der Waals surface area contributed by atoms with Gasteiger partial charge in [0.1, 0.15) is 0 Å². The molecule has 4 atom stereocenters. The molecule has 1 aliphatic rings. The highest BCUT2D eigenvalue weighted by atomic mass is 35.5. The summed E-state index contributed by atoms with van der Waals surface area (Å²) in [4.78, 5) is 0. The Morgan fingerprint density at radius 2 is 2.27 bits per heavy atom. The van der Waals surface area contributed by atoms with Crippen LogP contribution in [0.2, 0.25) is 0 Å². The van der Waals surface area contributed by atoms with Crippen LogP contribution in [0.15, 0.2) is 0 Å². The van der Waals surface area contributed by atoms with Gasteiger partial charge in [-0.3, -0.25) is 0 Å². The average molecular weight is 181 g/mol. The molecular formula is C7H13ClO3. The van der Waals surface area contributed by atoms with Crippen molar-refractivity contribution >= 4 is 11.6 Å². The highest BCUT2D eigenvalue weighted by Crippen LogP contribution is 2.23. The third-order valence-corrected chi connectivity index (χ3v) is 2.46. The summed E-state index contributed by atoms with van der Waals surface area (Å²) in [6, 6.07) is 0. The lowest BCUT2D eigenvalue weighted by atomic mass is 10.0. The van der Waals surface area contributed by atoms with Crippen LogP contribution in [-0.2, 0) is 4.74 Å². The van der Waals surface area contributed by atoms with Crippen LogP contribution in [0.3, 0.4) is 0 Å². The largest absolute Gasteiger partial charge is 0.394 e. The van der Waals surface area contributed by atoms with Crippen molar-refractivity contribution in [3.63, 3.8) is 0 Å². The van der Waals surface area contributed by atoms with Crippen LogP contribution in [0.5, 0.6) is 0 Å². The minimum Gasteiger partial charge on any atom is -0.394 e. The molecule has 0 amide bonds. The summed E-state index contributed by atoms with van der Waals surface area (Å²) in [6.07, 6.45) is -0.449. The molecule has 66 valence electrons. The maximum Gasteiger partial charge on any atom is 0.0997 e. The predicted molar refractivity (Wildman–Crippen MR) is 41.7 cm³/mol. The first-order valence-corrected chi connectivity index (χ1v) is 4.17. The molecule has 1 heterocycles. The molecule has 3 nitrogen and oxygen atoms in total. The Bertz CT molecular complexity index is 131. The molecule has 4 heteroatoms. The number of aliphatic hydroxyl groups excluding tert-OH is 2. The van der Waals surface area contributed by atoms with Crippen LogP contribution in [0.1, 0.15) is 13.3 Å². The van der Waals surface area contributed by atoms with E-state index in [-0.39, 0.29) is 12.7 Å². The van der Waals surface area contributed by atoms with Gasteiger partial charge in [0.2, 0.25) is 0 Å². The smallest absolute Gasteiger partial charge is 0.0997 e. The average Bonchev–Trinajstić information content (AvgIpc) is 1.96. The number of hydrogen-bond donors (Lipinski definition) is 2. The Hall–Kier alpha value is 0.170. The van der Waals surface area contributed by atoms with Crippen molar-refractivity contribution in [1.82, 2.24) is 0 Å². The van der Waals surface area contributed by atoms with Gasteiger partial charge in [0, 0.05) is 6.42 Å². The van der Waals surface area contributed by atoms with Gasteiger partial charge in [0.05, 0.1) is 30.3 Å². The van der Waals surface area contributed by atoms with Crippen molar-refractivity contribution in [3.8, 4) is 0 Å². The molecule has 0 spiro atoms. The molecule has 1 fully saturated rings. The lowest BCUT2D eigenvalue weighted by Crippen LogP contribution is -2.46. The lowest BCUT2D eigenvalue weighted by molar-refractivity contribution is -0.100. The van der Waals surface area contributed by atoms with Gasteiger partial charge >= 0.3 is 0 Å². The highest BCUT2D eigenvalue weighted by Gasteiger charge is 2.34. The van der Waals surface area contributed by atoms with Crippen LogP contribution in [0.4, 0.5) is 0 Å². The van der Waals surface area contributed by atoms with E-state index in [1.54, 1.807) is 0 Å². The van der Waals surface area contributed by atoms with Gasteiger partial charge < -0.3 is 14.9 Å². The highest BCUT2D eigenvalue weighted by molar-refractivity contribution is 6.21. The zero-order chi connectivity index (χ0) is 8.43. The van der Waals surface area contributed by atoms with Gasteiger partial charge in [-0.1, -0.05) is 0 Å². The van der Waals surface area contributed by atoms with E-state index in [2.05, 4.69) is 0 Å². The normalized spacial score (nSPS) is 45.8. The zero-order valence-corrected chi connectivity index (χ0v) is 7.16. The van der Waals surface area contributed by atoms with E-state index >= 15 is 0 Å². The minimum atomic E-state index is -0.558. The summed E-state index contributed by atoms with van der Waals surface area (Å²) >= 11 is 5.76. The van der Waals surface area contributed by atoms with E-state index in [0.29, 0.717) is 6.42 Å². The summed E-state index contributed by atoms with van der Waals surface area (Å²) < 4.78 is 5.28. The summed E-state index contributed by atoms with van der Waals surface area (Å²) in [5.74, 6) is 0. The Kier molecular flexibility index (Phi) is 3.13. The maximum absolute atomic E-state index is 9.33. The fourth-order valence-electron chi connectivity index (χ4n) is 1.29. The number of halogens is 1. The molecule has 0 aromatic heterocycles. The first kappa shape index (κ1) is 9.26. The molecule has 0 radical (unpaired) electrons. The minimum absolute atomic E-state index is 0.0165. The van der Waals surface area contributed by atoms with Gasteiger partial charge in [-0.05, 0) is 6.92 Å². The molecule has 0 saturated carbocycles. The van der Waals surface area contributed by atoms with Gasteiger partial charge in [-0.15, -0.1) is 11.6 Å². The second-order valence-electron chi connectivity index (χ2n) is 2.92. The monoisotopic (exact) mass is 180 g/mol. The third kappa shape index (κ3) is 2.06. The molecule has 0 aliphatic carbocycles. The molecule has 11 heavy (non-hydrogen) atoms. The van der Waals surface area contributed by atoms with Gasteiger partial charge in [0.25, 0.3) is 0 Å². The fourth-order valence-corrected chi connectivity index (χ4v) is 1.53. The van der Waals surface area contributed by atoms with Gasteiger partial charge in [0.15, 0.2) is 0 Å². The summed E-state index contributed by atoms with van der Waals surface area (Å²) in [7, 11) is 0. The molecule has 1 aliphatic heterocycles. The SMILES string of the molecule is C[C@H]1C[C@@H](O)[C@H](Cl)C(CO)O1. The van der Waals surface area contributed by atoms with E-state index in [4.69, 9.17) is 21.4 Å². The predicted octanol–water partition coefficient (Wildman–Crippen LogP) is 0.124. The van der Waals surface area contributed by atoms with Crippen molar-refractivity contribution in [2.45, 2.75) is 37.0 Å². The van der Waals surface area contributed by atoms with Crippen molar-refractivity contribution in [3.05, 3.63) is 0 Å². The molecule has 0 aromatic rings. The molecular weight excluding hydrogens is 168 g/mol. The first-order valence-electron chi connectivity index (χ1n) is 3.73. The van der Waals surface area contributed by atoms with E-state index in [1.807, 2.05) is 6.92 Å². The number of aliphatic hydroxyl groups is 2. The molecule has 0 bridgehead atoms. The zero-order valence-electron chi connectivity index (χ0n) is 6.40. The molecule has 0 aromatic carbocycles. The Labute approximate surface area is 70.9 Å². The standard InChI is InChI=1S/C7H13ClO3/c1-4-2-5(10)7(8)6(3-9)11-4/h4-7,9-10H,2-3H2,1H3/t4-,5+,6?,7-/m0/s1. The lowest BCUT2D eigenvalue weighted by Gasteiger charge is -2.34. The fraction of sp³-hybridized carbons (Fsp3) is 1.00. The summed E-state index contributed by atoms with van der Waals surface area (Å²) in [6.45, 7) is 1.73. The van der Waals surface area contributed by atoms with E-state index in [0.717, 1.165) is 0 Å². The molecule has 1 unspecified atom stereocenters. The van der Waals surface area contributed by atoms with Crippen LogP contribution >= 0.6 is 11.6 Å². The van der Waals surface area contributed by atoms with E-state index < -0.39 is 17.6 Å². The number of rotatable bonds is 1. The molecule has 1 saturated heterocycles. The topological polar surface area (TPSA) is 49.7 Å². The summed E-state index contributed by atoms with van der Waals surface area (Å²) in [5.41, 5.74) is 0. The Morgan fingerprint density at radius 3 is 2.82 bits per heavy atom. The number of ether oxygens (including phenoxy) is 1. The second kappa shape index (κ2) is 3.72. The number of alkyl halides is 1. The van der Waals surface area contributed by atoms with E-state index in [9.17, 15) is 5.11 Å². The van der Waals surface area contributed by atoms with Gasteiger partial charge in [-0.2, -0.15) is 0 Å². The summed E-state index contributed by atoms with van der Waals surface area (Å²) in [5, 5.41) is 17.6. The quantitative estimate of drug-likeness (QED) is 0.564. The van der Waals surface area contributed by atoms with Crippen LogP contribution < -0.4 is 0 Å². The third-order valence-electron chi connectivity index (χ3n) is 1.88. The molecule has 1 rings (SSSR count). The van der Waals surface area contributed by atoms with Crippen molar-refractivity contribution < 1.29 is 14.9 Å². The Balaban J connectivity index is 2.51. The van der Waals surface area contributed by atoms with Gasteiger partial charge in [-0.25, -0.2) is 0 Å². The second-order valence-corrected chi connectivity index (χ2v) is 3.42. The Morgan fingerprint density at radius 1 is 1.64 bits per heavy atom. The number of hydrogen-bond acceptors (Lipinski definition) is 3. The van der Waals surface area contributed by atoms with Crippen LogP contribution in [0, 0.1) is 0 Å². The van der Waals surface area contributed by atoms with E-state index in [1.165, 1.54) is 0 Å².